The van der Waals surface area contributed by atoms with E-state index in [1.165, 1.54) is 44.5 Å². The van der Waals surface area contributed by atoms with Crippen molar-refractivity contribution in [2.45, 2.75) is 18.3 Å². The Morgan fingerprint density at radius 2 is 1.42 bits per heavy atom. The first-order valence-corrected chi connectivity index (χ1v) is 9.32. The van der Waals surface area contributed by atoms with Gasteiger partial charge in [-0.05, 0) is 57.4 Å². The number of benzene rings is 3. The number of allylic oxidation sites excluding steroid dienone is 4. The molecule has 0 bridgehead atoms. The van der Waals surface area contributed by atoms with Crippen molar-refractivity contribution in [3.8, 4) is 11.1 Å². The average Bonchev–Trinajstić information content (AvgIpc) is 3.15. The second-order valence-electron chi connectivity index (χ2n) is 7.48. The smallest absolute Gasteiger partial charge is 0.0963 e. The summed E-state index contributed by atoms with van der Waals surface area (Å²) in [5, 5.41) is 0. The third-order valence-electron chi connectivity index (χ3n) is 6.31. The SMILES string of the molecule is [B]c1ccc2c(c1)C1(C3=C2C=CCC3)c2ccccc2-c2ccccc21. The topological polar surface area (TPSA) is 0 Å². The minimum absolute atomic E-state index is 0.183. The van der Waals surface area contributed by atoms with Crippen molar-refractivity contribution in [2.24, 2.45) is 0 Å². The highest BCUT2D eigenvalue weighted by atomic mass is 14.5. The van der Waals surface area contributed by atoms with Gasteiger partial charge in [-0.1, -0.05) is 84.3 Å². The summed E-state index contributed by atoms with van der Waals surface area (Å²) in [5.74, 6) is 0. The Bertz CT molecular complexity index is 1100. The van der Waals surface area contributed by atoms with Crippen LogP contribution in [0.25, 0.3) is 16.7 Å². The van der Waals surface area contributed by atoms with Crippen molar-refractivity contribution in [3.05, 3.63) is 107 Å². The molecule has 26 heavy (non-hydrogen) atoms. The zero-order valence-corrected chi connectivity index (χ0v) is 14.5. The highest BCUT2D eigenvalue weighted by Crippen LogP contribution is 2.63. The van der Waals surface area contributed by atoms with Gasteiger partial charge in [-0.25, -0.2) is 0 Å². The molecule has 6 rings (SSSR count). The van der Waals surface area contributed by atoms with Crippen LogP contribution in [0.15, 0.2) is 84.5 Å². The average molecular weight is 328 g/mol. The number of rotatable bonds is 0. The summed E-state index contributed by atoms with van der Waals surface area (Å²) in [4.78, 5) is 0. The fourth-order valence-corrected chi connectivity index (χ4v) is 5.43. The Morgan fingerprint density at radius 1 is 0.731 bits per heavy atom. The fourth-order valence-electron chi connectivity index (χ4n) is 5.43. The maximum Gasteiger partial charge on any atom is 0.113 e. The van der Waals surface area contributed by atoms with Crippen molar-refractivity contribution in [2.75, 3.05) is 0 Å². The van der Waals surface area contributed by atoms with Gasteiger partial charge < -0.3 is 0 Å². The first kappa shape index (κ1) is 14.4. The molecule has 0 amide bonds. The maximum absolute atomic E-state index is 6.27. The molecule has 3 aromatic rings. The highest BCUT2D eigenvalue weighted by Gasteiger charge is 2.52. The van der Waals surface area contributed by atoms with E-state index in [2.05, 4.69) is 72.8 Å². The Hall–Kier alpha value is -2.80. The molecule has 3 aliphatic rings. The molecule has 0 heterocycles. The Labute approximate surface area is 155 Å². The molecule has 0 N–H and O–H groups in total. The molecule has 0 saturated heterocycles. The lowest BCUT2D eigenvalue weighted by Crippen LogP contribution is -2.28. The summed E-state index contributed by atoms with van der Waals surface area (Å²) >= 11 is 0. The predicted octanol–water partition coefficient (Wildman–Crippen LogP) is 4.91. The molecule has 3 aromatic carbocycles. The number of hydrogen-bond acceptors (Lipinski definition) is 0. The molecule has 0 saturated carbocycles. The van der Waals surface area contributed by atoms with Gasteiger partial charge in [-0.15, -0.1) is 0 Å². The Balaban J connectivity index is 1.84. The van der Waals surface area contributed by atoms with Gasteiger partial charge in [0.15, 0.2) is 0 Å². The van der Waals surface area contributed by atoms with E-state index in [0.29, 0.717) is 0 Å². The van der Waals surface area contributed by atoms with Crippen molar-refractivity contribution < 1.29 is 0 Å². The molecule has 0 aliphatic heterocycles. The van der Waals surface area contributed by atoms with Gasteiger partial charge in [0.05, 0.1) is 5.41 Å². The van der Waals surface area contributed by atoms with Crippen LogP contribution in [0.5, 0.6) is 0 Å². The minimum atomic E-state index is -0.183. The van der Waals surface area contributed by atoms with Gasteiger partial charge in [0, 0.05) is 0 Å². The van der Waals surface area contributed by atoms with Gasteiger partial charge in [0.1, 0.15) is 7.85 Å². The molecule has 120 valence electrons. The fraction of sp³-hybridized carbons (Fsp3) is 0.120. The summed E-state index contributed by atoms with van der Waals surface area (Å²) < 4.78 is 0. The van der Waals surface area contributed by atoms with E-state index in [0.717, 1.165) is 18.3 Å². The van der Waals surface area contributed by atoms with E-state index < -0.39 is 0 Å². The van der Waals surface area contributed by atoms with Gasteiger partial charge >= 0.3 is 0 Å². The summed E-state index contributed by atoms with van der Waals surface area (Å²) in [7, 11) is 6.27. The minimum Gasteiger partial charge on any atom is -0.0963 e. The van der Waals surface area contributed by atoms with E-state index in [1.807, 2.05) is 6.07 Å². The van der Waals surface area contributed by atoms with Gasteiger partial charge in [0.25, 0.3) is 0 Å². The predicted molar refractivity (Wildman–Crippen MR) is 109 cm³/mol. The molecule has 1 spiro atoms. The van der Waals surface area contributed by atoms with Gasteiger partial charge in [0.2, 0.25) is 0 Å². The van der Waals surface area contributed by atoms with Gasteiger partial charge in [-0.2, -0.15) is 0 Å². The highest BCUT2D eigenvalue weighted by molar-refractivity contribution is 6.32. The molecule has 2 radical (unpaired) electrons. The molecule has 3 aliphatic carbocycles. The summed E-state index contributed by atoms with van der Waals surface area (Å²) in [5.41, 5.74) is 11.8. The Kier molecular flexibility index (Phi) is 2.70. The van der Waals surface area contributed by atoms with Crippen LogP contribution in [0.3, 0.4) is 0 Å². The first-order chi connectivity index (χ1) is 12.8. The van der Waals surface area contributed by atoms with E-state index in [9.17, 15) is 0 Å². The molecule has 0 nitrogen and oxygen atoms in total. The zero-order chi connectivity index (χ0) is 17.3. The molecule has 0 aromatic heterocycles. The van der Waals surface area contributed by atoms with Crippen LogP contribution in [0, 0.1) is 0 Å². The normalized spacial score (nSPS) is 17.8. The molecular weight excluding hydrogens is 311 g/mol. The molecule has 0 unspecified atom stereocenters. The monoisotopic (exact) mass is 328 g/mol. The van der Waals surface area contributed by atoms with Gasteiger partial charge in [-0.3, -0.25) is 0 Å². The van der Waals surface area contributed by atoms with Crippen molar-refractivity contribution in [3.63, 3.8) is 0 Å². The number of fused-ring (bicyclic) bond motifs is 9. The molecule has 0 fully saturated rings. The lowest BCUT2D eigenvalue weighted by atomic mass is 9.67. The van der Waals surface area contributed by atoms with Crippen LogP contribution < -0.4 is 5.46 Å². The largest absolute Gasteiger partial charge is 0.113 e. The number of hydrogen-bond donors (Lipinski definition) is 0. The summed E-state index contributed by atoms with van der Waals surface area (Å²) in [6, 6.07) is 24.3. The van der Waals surface area contributed by atoms with E-state index >= 15 is 0 Å². The van der Waals surface area contributed by atoms with Crippen LogP contribution in [-0.2, 0) is 5.41 Å². The molecular formula is C25H17B. The maximum atomic E-state index is 6.27. The Morgan fingerprint density at radius 3 is 2.15 bits per heavy atom. The first-order valence-electron chi connectivity index (χ1n) is 9.32. The van der Waals surface area contributed by atoms with Crippen LogP contribution in [0.1, 0.15) is 35.1 Å². The third kappa shape index (κ3) is 1.53. The zero-order valence-electron chi connectivity index (χ0n) is 14.5. The van der Waals surface area contributed by atoms with E-state index in [4.69, 9.17) is 7.85 Å². The molecule has 0 atom stereocenters. The van der Waals surface area contributed by atoms with Crippen LogP contribution >= 0.6 is 0 Å². The summed E-state index contributed by atoms with van der Waals surface area (Å²) in [6.07, 6.45) is 6.84. The summed E-state index contributed by atoms with van der Waals surface area (Å²) in [6.45, 7) is 0. The van der Waals surface area contributed by atoms with Crippen molar-refractivity contribution in [1.29, 1.82) is 0 Å². The standard InChI is InChI=1S/C25H17B/c26-16-13-14-20-19-9-3-6-12-23(19)25(24(20)15-16)21-10-4-1-7-17(21)18-8-2-5-11-22(18)25/h1-5,7-11,13-15H,6,12H2. The molecule has 1 heteroatoms. The lowest BCUT2D eigenvalue weighted by Gasteiger charge is -2.33. The van der Waals surface area contributed by atoms with Crippen molar-refractivity contribution in [1.82, 2.24) is 0 Å². The van der Waals surface area contributed by atoms with Crippen LogP contribution in [0.2, 0.25) is 0 Å². The van der Waals surface area contributed by atoms with Crippen LogP contribution in [-0.4, -0.2) is 7.85 Å². The van der Waals surface area contributed by atoms with E-state index in [-0.39, 0.29) is 5.41 Å². The van der Waals surface area contributed by atoms with E-state index in [1.54, 1.807) is 0 Å². The van der Waals surface area contributed by atoms with Crippen molar-refractivity contribution >= 4 is 18.9 Å². The second-order valence-corrected chi connectivity index (χ2v) is 7.48. The van der Waals surface area contributed by atoms with Crippen LogP contribution in [0.4, 0.5) is 0 Å². The third-order valence-corrected chi connectivity index (χ3v) is 6.31. The lowest BCUT2D eigenvalue weighted by molar-refractivity contribution is 0.714. The second kappa shape index (κ2) is 4.89. The quantitative estimate of drug-likeness (QED) is 0.514.